The standard InChI is InChI=1S/C18H31NO4/c1-13(2)15(19)23-18(7,8)10-12-22-17(5,6)9-11-21-16(20)14(3)4/h19H,1,3,9-12H2,2,4-8H3. The van der Waals surface area contributed by atoms with Gasteiger partial charge in [-0.1, -0.05) is 13.2 Å². The second-order valence-electron chi connectivity index (χ2n) is 7.00. The summed E-state index contributed by atoms with van der Waals surface area (Å²) in [6.07, 6.45) is 1.23. The molecule has 0 aliphatic heterocycles. The molecule has 0 aromatic rings. The fourth-order valence-corrected chi connectivity index (χ4v) is 1.57. The highest BCUT2D eigenvalue weighted by Crippen LogP contribution is 2.20. The predicted octanol–water partition coefficient (Wildman–Crippen LogP) is 4.03. The van der Waals surface area contributed by atoms with E-state index in [4.69, 9.17) is 19.6 Å². The van der Waals surface area contributed by atoms with Gasteiger partial charge in [-0.25, -0.2) is 4.79 Å². The Labute approximate surface area is 140 Å². The number of ether oxygens (including phenoxy) is 3. The van der Waals surface area contributed by atoms with Gasteiger partial charge in [0.15, 0.2) is 0 Å². The van der Waals surface area contributed by atoms with E-state index in [9.17, 15) is 4.79 Å². The molecule has 0 aromatic heterocycles. The van der Waals surface area contributed by atoms with Crippen molar-refractivity contribution in [2.45, 2.75) is 65.6 Å². The van der Waals surface area contributed by atoms with Gasteiger partial charge in [0.1, 0.15) is 5.60 Å². The number of nitrogens with one attached hydrogen (secondary N) is 1. The minimum absolute atomic E-state index is 0.0981. The highest BCUT2D eigenvalue weighted by Gasteiger charge is 2.24. The maximum absolute atomic E-state index is 11.3. The lowest BCUT2D eigenvalue weighted by Crippen LogP contribution is -2.33. The second kappa shape index (κ2) is 8.87. The van der Waals surface area contributed by atoms with Crippen molar-refractivity contribution in [2.75, 3.05) is 13.2 Å². The van der Waals surface area contributed by atoms with Crippen molar-refractivity contribution in [2.24, 2.45) is 0 Å². The summed E-state index contributed by atoms with van der Waals surface area (Å²) in [5, 5.41) is 7.70. The van der Waals surface area contributed by atoms with E-state index in [-0.39, 0.29) is 11.9 Å². The van der Waals surface area contributed by atoms with Crippen LogP contribution in [0.25, 0.3) is 0 Å². The van der Waals surface area contributed by atoms with Gasteiger partial charge >= 0.3 is 5.97 Å². The van der Waals surface area contributed by atoms with E-state index in [0.29, 0.717) is 37.2 Å². The average molecular weight is 325 g/mol. The van der Waals surface area contributed by atoms with Crippen molar-refractivity contribution in [1.82, 2.24) is 0 Å². The van der Waals surface area contributed by atoms with Crippen LogP contribution in [-0.4, -0.2) is 36.3 Å². The van der Waals surface area contributed by atoms with Crippen LogP contribution in [0.5, 0.6) is 0 Å². The van der Waals surface area contributed by atoms with Crippen LogP contribution >= 0.6 is 0 Å². The molecule has 0 heterocycles. The molecule has 0 amide bonds. The number of hydrogen-bond acceptors (Lipinski definition) is 5. The van der Waals surface area contributed by atoms with Crippen molar-refractivity contribution in [3.63, 3.8) is 0 Å². The quantitative estimate of drug-likeness (QED) is 0.285. The second-order valence-corrected chi connectivity index (χ2v) is 7.00. The highest BCUT2D eigenvalue weighted by atomic mass is 16.5. The summed E-state index contributed by atoms with van der Waals surface area (Å²) in [6, 6.07) is 0. The number of hydrogen-bond donors (Lipinski definition) is 1. The minimum atomic E-state index is -0.501. The topological polar surface area (TPSA) is 68.6 Å². The van der Waals surface area contributed by atoms with E-state index in [1.807, 2.05) is 27.7 Å². The van der Waals surface area contributed by atoms with Crippen molar-refractivity contribution in [1.29, 1.82) is 5.41 Å². The first-order chi connectivity index (χ1) is 10.4. The Bertz CT molecular complexity index is 464. The lowest BCUT2D eigenvalue weighted by molar-refractivity contribution is -0.141. The first kappa shape index (κ1) is 21.4. The molecule has 0 radical (unpaired) electrons. The van der Waals surface area contributed by atoms with Crippen LogP contribution in [0.15, 0.2) is 24.3 Å². The first-order valence-electron chi connectivity index (χ1n) is 7.76. The van der Waals surface area contributed by atoms with Gasteiger partial charge in [0.2, 0.25) is 5.90 Å². The lowest BCUT2D eigenvalue weighted by atomic mass is 10.0. The fraction of sp³-hybridized carbons (Fsp3) is 0.667. The molecule has 0 spiro atoms. The molecule has 1 N–H and O–H groups in total. The average Bonchev–Trinajstić information content (AvgIpc) is 2.36. The van der Waals surface area contributed by atoms with Crippen LogP contribution < -0.4 is 0 Å². The summed E-state index contributed by atoms with van der Waals surface area (Å²) in [4.78, 5) is 11.3. The molecule has 5 nitrogen and oxygen atoms in total. The summed E-state index contributed by atoms with van der Waals surface area (Å²) < 4.78 is 16.5. The number of carbonyl (C=O) groups is 1. The molecule has 0 unspecified atom stereocenters. The number of rotatable bonds is 10. The summed E-state index contributed by atoms with van der Waals surface area (Å²) in [7, 11) is 0. The summed E-state index contributed by atoms with van der Waals surface area (Å²) in [5.74, 6) is -0.283. The molecule has 0 aromatic carbocycles. The van der Waals surface area contributed by atoms with Gasteiger partial charge in [0, 0.05) is 24.0 Å². The van der Waals surface area contributed by atoms with Gasteiger partial charge in [0.25, 0.3) is 0 Å². The molecular formula is C18H31NO4. The Morgan fingerprint density at radius 3 is 1.96 bits per heavy atom. The zero-order valence-corrected chi connectivity index (χ0v) is 15.4. The van der Waals surface area contributed by atoms with Crippen LogP contribution in [-0.2, 0) is 19.0 Å². The monoisotopic (exact) mass is 325 g/mol. The molecule has 132 valence electrons. The van der Waals surface area contributed by atoms with Gasteiger partial charge < -0.3 is 14.2 Å². The lowest BCUT2D eigenvalue weighted by Gasteiger charge is -2.30. The third-order valence-corrected chi connectivity index (χ3v) is 3.25. The van der Waals surface area contributed by atoms with E-state index in [0.717, 1.165) is 0 Å². The molecule has 0 aliphatic carbocycles. The normalized spacial score (nSPS) is 11.7. The summed E-state index contributed by atoms with van der Waals surface area (Å²) in [5.41, 5.74) is 0.0764. The van der Waals surface area contributed by atoms with Crippen molar-refractivity contribution < 1.29 is 19.0 Å². The Kier molecular flexibility index (Phi) is 8.24. The van der Waals surface area contributed by atoms with E-state index in [1.165, 1.54) is 0 Å². The molecule has 0 saturated heterocycles. The van der Waals surface area contributed by atoms with E-state index >= 15 is 0 Å². The van der Waals surface area contributed by atoms with Crippen molar-refractivity contribution >= 4 is 11.9 Å². The highest BCUT2D eigenvalue weighted by molar-refractivity contribution is 5.89. The number of carbonyl (C=O) groups excluding carboxylic acids is 1. The van der Waals surface area contributed by atoms with Crippen LogP contribution in [0.2, 0.25) is 0 Å². The molecule has 23 heavy (non-hydrogen) atoms. The molecule has 0 aliphatic rings. The van der Waals surface area contributed by atoms with Crippen LogP contribution in [0.3, 0.4) is 0 Å². The maximum Gasteiger partial charge on any atom is 0.333 e. The summed E-state index contributed by atoms with van der Waals surface area (Å²) in [6.45, 7) is 19.1. The Morgan fingerprint density at radius 1 is 0.957 bits per heavy atom. The van der Waals surface area contributed by atoms with E-state index in [2.05, 4.69) is 13.2 Å². The summed E-state index contributed by atoms with van der Waals surface area (Å²) >= 11 is 0. The first-order valence-corrected chi connectivity index (χ1v) is 7.76. The number of esters is 1. The van der Waals surface area contributed by atoms with Gasteiger partial charge in [-0.05, 0) is 41.5 Å². The van der Waals surface area contributed by atoms with Crippen LogP contribution in [0.4, 0.5) is 0 Å². The van der Waals surface area contributed by atoms with Crippen molar-refractivity contribution in [3.8, 4) is 0 Å². The Morgan fingerprint density at radius 2 is 1.48 bits per heavy atom. The molecule has 5 heteroatoms. The molecule has 0 rings (SSSR count). The predicted molar refractivity (Wildman–Crippen MR) is 92.7 cm³/mol. The minimum Gasteiger partial charge on any atom is -0.472 e. The van der Waals surface area contributed by atoms with Gasteiger partial charge in [-0.2, -0.15) is 0 Å². The SMILES string of the molecule is C=C(C)C(=N)OC(C)(C)CCOC(C)(C)CCOC(=O)C(=C)C. The largest absolute Gasteiger partial charge is 0.472 e. The molecule has 0 atom stereocenters. The molecular weight excluding hydrogens is 294 g/mol. The third kappa shape index (κ3) is 9.89. The smallest absolute Gasteiger partial charge is 0.333 e. The zero-order chi connectivity index (χ0) is 18.3. The van der Waals surface area contributed by atoms with E-state index < -0.39 is 11.2 Å². The van der Waals surface area contributed by atoms with Gasteiger partial charge in [0.05, 0.1) is 18.8 Å². The van der Waals surface area contributed by atoms with Crippen LogP contribution in [0, 0.1) is 5.41 Å². The fourth-order valence-electron chi connectivity index (χ4n) is 1.57. The third-order valence-electron chi connectivity index (χ3n) is 3.25. The molecule has 0 saturated carbocycles. The Hall–Kier alpha value is -1.62. The van der Waals surface area contributed by atoms with E-state index in [1.54, 1.807) is 13.8 Å². The van der Waals surface area contributed by atoms with Crippen molar-refractivity contribution in [3.05, 3.63) is 24.3 Å². The Balaban J connectivity index is 4.18. The zero-order valence-electron chi connectivity index (χ0n) is 15.4. The van der Waals surface area contributed by atoms with Gasteiger partial charge in [-0.15, -0.1) is 0 Å². The maximum atomic E-state index is 11.3. The van der Waals surface area contributed by atoms with Gasteiger partial charge in [-0.3, -0.25) is 5.41 Å². The molecule has 0 bridgehead atoms. The molecule has 0 fully saturated rings. The van der Waals surface area contributed by atoms with Crippen LogP contribution in [0.1, 0.15) is 54.4 Å².